The quantitative estimate of drug-likeness (QED) is 0.164. The van der Waals surface area contributed by atoms with Crippen molar-refractivity contribution in [1.29, 1.82) is 0 Å². The monoisotopic (exact) mass is 912 g/mol. The number of benzene rings is 9. The van der Waals surface area contributed by atoms with E-state index in [0.29, 0.717) is 13.2 Å². The van der Waals surface area contributed by atoms with Crippen molar-refractivity contribution in [3.8, 4) is 33.8 Å². The highest BCUT2D eigenvalue weighted by Gasteiger charge is 2.44. The van der Waals surface area contributed by atoms with Gasteiger partial charge in [-0.05, 0) is 135 Å². The molecule has 68 heavy (non-hydrogen) atoms. The standard InChI is InChI=1S/C61H45BN2O2S2/c1-36-29-52-60-53(30-36)64(43-22-18-41(19-23-43)61(2,3)4)51-35-55-54(65-27-28-66-55)34-49(51)62(60)48-31-38(40-16-25-47-45-10-6-8-12-57(45)68-59(47)33-40)17-26-50(48)63(52)42-20-13-37(14-21-42)39-15-24-46-44-9-5-7-11-56(44)67-58(46)32-39/h5-26,29-35H,27-28H2,1-4H3. The molecule has 4 nitrogen and oxygen atoms in total. The molecule has 5 heterocycles. The third kappa shape index (κ3) is 6.12. The van der Waals surface area contributed by atoms with Crippen LogP contribution in [0, 0.1) is 6.92 Å². The van der Waals surface area contributed by atoms with E-state index in [1.807, 2.05) is 22.7 Å². The maximum atomic E-state index is 6.40. The number of hydrogen-bond acceptors (Lipinski definition) is 6. The Morgan fingerprint density at radius 1 is 0.441 bits per heavy atom. The molecule has 7 heteroatoms. The molecule has 0 unspecified atom stereocenters. The van der Waals surface area contributed by atoms with E-state index in [4.69, 9.17) is 9.47 Å². The van der Waals surface area contributed by atoms with Crippen molar-refractivity contribution in [3.05, 3.63) is 187 Å². The van der Waals surface area contributed by atoms with Crippen LogP contribution in [0.2, 0.25) is 0 Å². The van der Waals surface area contributed by atoms with Gasteiger partial charge in [0.1, 0.15) is 13.2 Å². The highest BCUT2D eigenvalue weighted by molar-refractivity contribution is 7.26. The molecule has 0 saturated heterocycles. The zero-order valence-corrected chi connectivity index (χ0v) is 39.9. The second-order valence-electron chi connectivity index (χ2n) is 19.6. The second kappa shape index (κ2) is 14.8. The Bertz CT molecular complexity index is 3880. The second-order valence-corrected chi connectivity index (χ2v) is 21.8. The summed E-state index contributed by atoms with van der Waals surface area (Å²) in [6.07, 6.45) is 0. The van der Waals surface area contributed by atoms with Crippen LogP contribution in [-0.4, -0.2) is 19.9 Å². The summed E-state index contributed by atoms with van der Waals surface area (Å²) >= 11 is 3.74. The molecular weight excluding hydrogens is 868 g/mol. The zero-order valence-electron chi connectivity index (χ0n) is 38.3. The van der Waals surface area contributed by atoms with E-state index in [0.717, 1.165) is 28.6 Å². The van der Waals surface area contributed by atoms with Crippen LogP contribution in [0.5, 0.6) is 11.5 Å². The average Bonchev–Trinajstić information content (AvgIpc) is 3.93. The third-order valence-corrected chi connectivity index (χ3v) is 16.7. The van der Waals surface area contributed by atoms with Crippen molar-refractivity contribution >= 4 is 120 Å². The Morgan fingerprint density at radius 3 is 1.54 bits per heavy atom. The van der Waals surface area contributed by atoms with Gasteiger partial charge in [-0.15, -0.1) is 22.7 Å². The molecule has 0 saturated carbocycles. The molecule has 2 aromatic heterocycles. The van der Waals surface area contributed by atoms with Crippen LogP contribution in [0.1, 0.15) is 31.9 Å². The molecule has 14 rings (SSSR count). The first kappa shape index (κ1) is 39.8. The van der Waals surface area contributed by atoms with Gasteiger partial charge in [-0.2, -0.15) is 0 Å². The highest BCUT2D eigenvalue weighted by Crippen LogP contribution is 2.48. The minimum Gasteiger partial charge on any atom is -0.486 e. The molecular formula is C61H45BN2O2S2. The number of aryl methyl sites for hydroxylation is 1. The van der Waals surface area contributed by atoms with Crippen molar-refractivity contribution in [1.82, 2.24) is 0 Å². The van der Waals surface area contributed by atoms with Crippen LogP contribution in [-0.2, 0) is 5.41 Å². The van der Waals surface area contributed by atoms with E-state index < -0.39 is 0 Å². The normalized spacial score (nSPS) is 13.9. The number of nitrogens with zero attached hydrogens (tertiary/aromatic N) is 2. The minimum absolute atomic E-state index is 0.0283. The number of hydrogen-bond donors (Lipinski definition) is 0. The van der Waals surface area contributed by atoms with E-state index in [1.54, 1.807) is 0 Å². The number of fused-ring (bicyclic) bond motifs is 11. The van der Waals surface area contributed by atoms with Crippen molar-refractivity contribution in [3.63, 3.8) is 0 Å². The molecule has 0 amide bonds. The summed E-state index contributed by atoms with van der Waals surface area (Å²) in [6, 6.07) is 66.3. The molecule has 3 aliphatic heterocycles. The Morgan fingerprint density at radius 2 is 0.926 bits per heavy atom. The average molecular weight is 913 g/mol. The van der Waals surface area contributed by atoms with Crippen molar-refractivity contribution in [2.45, 2.75) is 33.1 Å². The van der Waals surface area contributed by atoms with Gasteiger partial charge >= 0.3 is 0 Å². The molecule has 0 radical (unpaired) electrons. The Kier molecular flexibility index (Phi) is 8.69. The Labute approximate surface area is 404 Å². The van der Waals surface area contributed by atoms with E-state index in [-0.39, 0.29) is 12.1 Å². The summed E-state index contributed by atoms with van der Waals surface area (Å²) in [5.41, 5.74) is 18.0. The Hall–Kier alpha value is -7.32. The molecule has 0 atom stereocenters. The number of ether oxygens (including phenoxy) is 2. The maximum Gasteiger partial charge on any atom is 0.252 e. The van der Waals surface area contributed by atoms with E-state index in [9.17, 15) is 0 Å². The third-order valence-electron chi connectivity index (χ3n) is 14.4. The summed E-state index contributed by atoms with van der Waals surface area (Å²) in [5, 5.41) is 5.27. The van der Waals surface area contributed by atoms with Gasteiger partial charge in [0.15, 0.2) is 11.5 Å². The molecule has 0 aliphatic carbocycles. The van der Waals surface area contributed by atoms with Crippen LogP contribution in [0.4, 0.5) is 34.1 Å². The van der Waals surface area contributed by atoms with Gasteiger partial charge in [0.25, 0.3) is 6.71 Å². The molecule has 0 spiro atoms. The van der Waals surface area contributed by atoms with Crippen molar-refractivity contribution in [2.24, 2.45) is 0 Å². The summed E-state index contributed by atoms with van der Waals surface area (Å²) in [4.78, 5) is 4.98. The number of anilines is 6. The lowest BCUT2D eigenvalue weighted by atomic mass is 9.33. The van der Waals surface area contributed by atoms with Crippen LogP contribution >= 0.6 is 22.7 Å². The largest absolute Gasteiger partial charge is 0.486 e. The SMILES string of the molecule is Cc1cc2c3c(c1)N(c1ccc(C(C)(C)C)cc1)c1cc4c(cc1B3c1cc(-c3ccc5c(c3)sc3ccccc35)ccc1N2c1ccc(-c2ccc3c(c2)sc2ccccc23)cc1)OCCO4. The van der Waals surface area contributed by atoms with Crippen LogP contribution in [0.25, 0.3) is 62.6 Å². The summed E-state index contributed by atoms with van der Waals surface area (Å²) in [5.74, 6) is 1.59. The zero-order chi connectivity index (χ0) is 45.4. The van der Waals surface area contributed by atoms with Gasteiger partial charge < -0.3 is 19.3 Å². The van der Waals surface area contributed by atoms with E-state index in [1.165, 1.54) is 107 Å². The van der Waals surface area contributed by atoms with Crippen LogP contribution in [0.15, 0.2) is 176 Å². The number of rotatable bonds is 4. The van der Waals surface area contributed by atoms with Crippen LogP contribution < -0.4 is 35.7 Å². The molecule has 3 aliphatic rings. The lowest BCUT2D eigenvalue weighted by Crippen LogP contribution is -2.61. The first-order valence-electron chi connectivity index (χ1n) is 23.6. The minimum atomic E-state index is -0.0805. The summed E-state index contributed by atoms with van der Waals surface area (Å²) in [6.45, 7) is 10.0. The van der Waals surface area contributed by atoms with Gasteiger partial charge in [-0.1, -0.05) is 118 Å². The predicted octanol–water partition coefficient (Wildman–Crippen LogP) is 15.2. The first-order chi connectivity index (χ1) is 33.2. The fourth-order valence-electron chi connectivity index (χ4n) is 11.1. The van der Waals surface area contributed by atoms with Crippen molar-refractivity contribution < 1.29 is 9.47 Å². The first-order valence-corrected chi connectivity index (χ1v) is 25.2. The molecule has 9 aromatic carbocycles. The Balaban J connectivity index is 0.980. The lowest BCUT2D eigenvalue weighted by Gasteiger charge is -2.45. The van der Waals surface area contributed by atoms with Gasteiger partial charge in [0.05, 0.1) is 0 Å². The summed E-state index contributed by atoms with van der Waals surface area (Å²) < 4.78 is 18.0. The van der Waals surface area contributed by atoms with Gasteiger partial charge in [-0.3, -0.25) is 0 Å². The topological polar surface area (TPSA) is 24.9 Å². The lowest BCUT2D eigenvalue weighted by molar-refractivity contribution is 0.172. The predicted molar refractivity (Wildman–Crippen MR) is 292 cm³/mol. The van der Waals surface area contributed by atoms with E-state index in [2.05, 4.69) is 213 Å². The fourth-order valence-corrected chi connectivity index (χ4v) is 13.4. The molecule has 11 aromatic rings. The van der Waals surface area contributed by atoms with Crippen LogP contribution in [0.3, 0.4) is 0 Å². The summed E-state index contributed by atoms with van der Waals surface area (Å²) in [7, 11) is 0. The van der Waals surface area contributed by atoms with Gasteiger partial charge in [-0.25, -0.2) is 0 Å². The smallest absolute Gasteiger partial charge is 0.252 e. The maximum absolute atomic E-state index is 6.40. The van der Waals surface area contributed by atoms with Gasteiger partial charge in [0.2, 0.25) is 0 Å². The van der Waals surface area contributed by atoms with E-state index >= 15 is 0 Å². The molecule has 0 N–H and O–H groups in total. The molecule has 326 valence electrons. The molecule has 0 bridgehead atoms. The highest BCUT2D eigenvalue weighted by atomic mass is 32.1. The van der Waals surface area contributed by atoms with Gasteiger partial charge in [0, 0.05) is 80.5 Å². The fraction of sp³-hybridized carbons (Fsp3) is 0.115. The number of thiophene rings is 2. The van der Waals surface area contributed by atoms with Crippen molar-refractivity contribution in [2.75, 3.05) is 23.0 Å². The molecule has 0 fully saturated rings.